The third-order valence-corrected chi connectivity index (χ3v) is 8.93. The van der Waals surface area contributed by atoms with Gasteiger partial charge in [-0.25, -0.2) is 9.59 Å². The van der Waals surface area contributed by atoms with Gasteiger partial charge in [0.2, 0.25) is 0 Å². The molecule has 5 rings (SSSR count). The number of nitrogens with zero attached hydrogens (tertiary/aromatic N) is 3. The molecule has 3 aliphatic heterocycles. The van der Waals surface area contributed by atoms with Crippen LogP contribution in [0.2, 0.25) is 0 Å². The maximum Gasteiger partial charge on any atom is 0.410 e. The highest BCUT2D eigenvalue weighted by atomic mass is 16.6. The summed E-state index contributed by atoms with van der Waals surface area (Å²) in [4.78, 5) is 31.7. The lowest BCUT2D eigenvalue weighted by Gasteiger charge is -2.52. The number of hydrogen-bond acceptors (Lipinski definition) is 5. The quantitative estimate of drug-likeness (QED) is 0.596. The van der Waals surface area contributed by atoms with Crippen LogP contribution in [0.4, 0.5) is 9.59 Å². The summed E-state index contributed by atoms with van der Waals surface area (Å²) in [6.07, 6.45) is 8.92. The summed E-state index contributed by atoms with van der Waals surface area (Å²) < 4.78 is 10.9. The summed E-state index contributed by atoms with van der Waals surface area (Å²) in [5, 5.41) is 0. The lowest BCUT2D eigenvalue weighted by molar-refractivity contribution is -0.0218. The van der Waals surface area contributed by atoms with Gasteiger partial charge in [0.25, 0.3) is 0 Å². The molecule has 3 heterocycles. The van der Waals surface area contributed by atoms with Gasteiger partial charge in [-0.1, -0.05) is 30.3 Å². The molecule has 1 spiro atoms. The minimum absolute atomic E-state index is 0.144. The zero-order valence-corrected chi connectivity index (χ0v) is 21.2. The zero-order chi connectivity index (χ0) is 24.3. The van der Waals surface area contributed by atoms with Crippen LogP contribution in [0.1, 0.15) is 63.9 Å². The van der Waals surface area contributed by atoms with Crippen molar-refractivity contribution in [2.75, 3.05) is 39.3 Å². The molecule has 4 fully saturated rings. The standard InChI is InChI=1S/C28H41N3O4/c1-2-34-26(32)30-17-13-28(21-30)18-24(19-28)29-15-11-23(12-16-29)25-10-6-7-14-31(25)27(33)35-20-22-8-4-3-5-9-22/h3-5,8-9,23-25H,2,6-7,10-21H2,1H3. The fourth-order valence-corrected chi connectivity index (χ4v) is 6.98. The Balaban J connectivity index is 1.08. The molecule has 0 radical (unpaired) electrons. The van der Waals surface area contributed by atoms with Gasteiger partial charge >= 0.3 is 12.2 Å². The highest BCUT2D eigenvalue weighted by Gasteiger charge is 2.51. The van der Waals surface area contributed by atoms with Crippen LogP contribution in [0.15, 0.2) is 30.3 Å². The Bertz CT molecular complexity index is 864. The summed E-state index contributed by atoms with van der Waals surface area (Å²) >= 11 is 0. The molecule has 192 valence electrons. The van der Waals surface area contributed by atoms with Crippen LogP contribution < -0.4 is 0 Å². The van der Waals surface area contributed by atoms with Crippen molar-refractivity contribution in [3.63, 3.8) is 0 Å². The predicted molar refractivity (Wildman–Crippen MR) is 134 cm³/mol. The number of likely N-dealkylation sites (tertiary alicyclic amines) is 3. The number of amides is 2. The lowest BCUT2D eigenvalue weighted by atomic mass is 9.64. The first-order valence-electron chi connectivity index (χ1n) is 13.7. The normalized spacial score (nSPS) is 29.7. The van der Waals surface area contributed by atoms with Gasteiger partial charge in [0, 0.05) is 31.7 Å². The van der Waals surface area contributed by atoms with E-state index in [1.165, 1.54) is 19.3 Å². The number of benzene rings is 1. The first kappa shape index (κ1) is 24.4. The summed E-state index contributed by atoms with van der Waals surface area (Å²) in [6, 6.07) is 10.9. The molecule has 1 unspecified atom stereocenters. The monoisotopic (exact) mass is 483 g/mol. The maximum atomic E-state index is 13.0. The van der Waals surface area contributed by atoms with Crippen LogP contribution in [0.25, 0.3) is 0 Å². The van der Waals surface area contributed by atoms with Crippen LogP contribution in [0.3, 0.4) is 0 Å². The summed E-state index contributed by atoms with van der Waals surface area (Å²) in [6.45, 7) is 7.42. The number of piperidine rings is 2. The molecule has 0 bridgehead atoms. The first-order valence-corrected chi connectivity index (χ1v) is 13.7. The Kier molecular flexibility index (Phi) is 7.51. The Hall–Kier alpha value is -2.28. The predicted octanol–water partition coefficient (Wildman–Crippen LogP) is 4.90. The number of carbonyl (C=O) groups excluding carboxylic acids is 2. The number of hydrogen-bond donors (Lipinski definition) is 0. The third-order valence-electron chi connectivity index (χ3n) is 8.93. The van der Waals surface area contributed by atoms with E-state index in [9.17, 15) is 9.59 Å². The van der Waals surface area contributed by atoms with Gasteiger partial charge in [0.1, 0.15) is 6.61 Å². The molecule has 3 saturated heterocycles. The van der Waals surface area contributed by atoms with Crippen LogP contribution >= 0.6 is 0 Å². The Morgan fingerprint density at radius 2 is 1.71 bits per heavy atom. The first-order chi connectivity index (χ1) is 17.1. The van der Waals surface area contributed by atoms with Gasteiger partial charge in [-0.3, -0.25) is 0 Å². The van der Waals surface area contributed by atoms with Crippen molar-refractivity contribution < 1.29 is 19.1 Å². The molecule has 1 atom stereocenters. The highest BCUT2D eigenvalue weighted by molar-refractivity contribution is 5.68. The molecule has 1 aromatic carbocycles. The van der Waals surface area contributed by atoms with Crippen LogP contribution in [-0.2, 0) is 16.1 Å². The Labute approximate surface area is 209 Å². The highest BCUT2D eigenvalue weighted by Crippen LogP contribution is 2.51. The van der Waals surface area contributed by atoms with Gasteiger partial charge in [-0.05, 0) is 88.3 Å². The summed E-state index contributed by atoms with van der Waals surface area (Å²) in [7, 11) is 0. The van der Waals surface area contributed by atoms with Crippen LogP contribution in [-0.4, -0.2) is 78.3 Å². The number of rotatable bonds is 5. The smallest absolute Gasteiger partial charge is 0.410 e. The van der Waals surface area contributed by atoms with E-state index >= 15 is 0 Å². The van der Waals surface area contributed by atoms with E-state index in [1.54, 1.807) is 0 Å². The second-order valence-electron chi connectivity index (χ2n) is 11.1. The Morgan fingerprint density at radius 3 is 2.46 bits per heavy atom. The van der Waals surface area contributed by atoms with Crippen molar-refractivity contribution in [2.24, 2.45) is 11.3 Å². The topological polar surface area (TPSA) is 62.3 Å². The fourth-order valence-electron chi connectivity index (χ4n) is 6.98. The van der Waals surface area contributed by atoms with E-state index in [1.807, 2.05) is 47.1 Å². The third kappa shape index (κ3) is 5.45. The molecule has 1 saturated carbocycles. The molecule has 4 aliphatic rings. The van der Waals surface area contributed by atoms with Crippen LogP contribution in [0, 0.1) is 11.3 Å². The SMILES string of the molecule is CCOC(=O)N1CCC2(CC(N3CCC(C4CCCCN4C(=O)OCc4ccccc4)CC3)C2)C1. The molecule has 1 aromatic rings. The van der Waals surface area contributed by atoms with Crippen molar-refractivity contribution in [1.29, 1.82) is 0 Å². The zero-order valence-electron chi connectivity index (χ0n) is 21.2. The van der Waals surface area contributed by atoms with E-state index in [4.69, 9.17) is 9.47 Å². The van der Waals surface area contributed by atoms with Crippen LogP contribution in [0.5, 0.6) is 0 Å². The van der Waals surface area contributed by atoms with E-state index in [-0.39, 0.29) is 12.2 Å². The van der Waals surface area contributed by atoms with Crippen molar-refractivity contribution in [3.8, 4) is 0 Å². The van der Waals surface area contributed by atoms with E-state index in [0.717, 1.165) is 70.4 Å². The van der Waals surface area contributed by atoms with E-state index in [0.29, 0.717) is 36.6 Å². The summed E-state index contributed by atoms with van der Waals surface area (Å²) in [5.74, 6) is 0.565. The van der Waals surface area contributed by atoms with Crippen molar-refractivity contribution in [3.05, 3.63) is 35.9 Å². The second-order valence-corrected chi connectivity index (χ2v) is 11.1. The molecule has 7 heteroatoms. The van der Waals surface area contributed by atoms with Crippen molar-refractivity contribution in [2.45, 2.75) is 77.0 Å². The van der Waals surface area contributed by atoms with E-state index < -0.39 is 0 Å². The van der Waals surface area contributed by atoms with Gasteiger partial charge in [0.15, 0.2) is 0 Å². The summed E-state index contributed by atoms with van der Waals surface area (Å²) in [5.41, 5.74) is 1.35. The van der Waals surface area contributed by atoms with Gasteiger partial charge in [-0.2, -0.15) is 0 Å². The van der Waals surface area contributed by atoms with E-state index in [2.05, 4.69) is 4.90 Å². The fraction of sp³-hybridized carbons (Fsp3) is 0.714. The minimum atomic E-state index is -0.145. The van der Waals surface area contributed by atoms with Crippen molar-refractivity contribution in [1.82, 2.24) is 14.7 Å². The largest absolute Gasteiger partial charge is 0.450 e. The second kappa shape index (κ2) is 10.8. The Morgan fingerprint density at radius 1 is 0.943 bits per heavy atom. The number of carbonyl (C=O) groups is 2. The average molecular weight is 484 g/mol. The lowest BCUT2D eigenvalue weighted by Crippen LogP contribution is -2.56. The van der Waals surface area contributed by atoms with Gasteiger partial charge in [-0.15, -0.1) is 0 Å². The molecular weight excluding hydrogens is 442 g/mol. The molecule has 7 nitrogen and oxygen atoms in total. The minimum Gasteiger partial charge on any atom is -0.450 e. The molecule has 0 aromatic heterocycles. The molecule has 1 aliphatic carbocycles. The van der Waals surface area contributed by atoms with Gasteiger partial charge in [0.05, 0.1) is 6.61 Å². The van der Waals surface area contributed by atoms with Gasteiger partial charge < -0.3 is 24.2 Å². The maximum absolute atomic E-state index is 13.0. The van der Waals surface area contributed by atoms with Crippen molar-refractivity contribution >= 4 is 12.2 Å². The molecule has 35 heavy (non-hydrogen) atoms. The number of ether oxygens (including phenoxy) is 2. The molecular formula is C28H41N3O4. The molecule has 2 amide bonds. The average Bonchev–Trinajstić information content (AvgIpc) is 3.34. The molecule has 0 N–H and O–H groups in total.